The van der Waals surface area contributed by atoms with Gasteiger partial charge >= 0.3 is 6.18 Å². The van der Waals surface area contributed by atoms with Gasteiger partial charge in [-0.1, -0.05) is 25.5 Å². The number of unbranched alkanes of at least 4 members (excludes halogenated alkanes) is 1. The third-order valence-corrected chi connectivity index (χ3v) is 3.74. The fourth-order valence-electron chi connectivity index (χ4n) is 2.55. The predicted octanol–water partition coefficient (Wildman–Crippen LogP) is 6.16. The van der Waals surface area contributed by atoms with Crippen LogP contribution in [-0.4, -0.2) is 0 Å². The molecule has 0 aromatic heterocycles. The van der Waals surface area contributed by atoms with E-state index < -0.39 is 17.6 Å². The number of rotatable bonds is 4. The van der Waals surface area contributed by atoms with E-state index in [9.17, 15) is 17.6 Å². The highest BCUT2D eigenvalue weighted by Gasteiger charge is 2.31. The molecule has 0 spiro atoms. The summed E-state index contributed by atoms with van der Waals surface area (Å²) >= 11 is 0. The summed E-state index contributed by atoms with van der Waals surface area (Å²) in [5.74, 6) is -0.400. The molecule has 0 atom stereocenters. The number of aryl methyl sites for hydroxylation is 1. The van der Waals surface area contributed by atoms with Crippen LogP contribution in [0, 0.1) is 12.7 Å². The number of benzene rings is 2. The van der Waals surface area contributed by atoms with Gasteiger partial charge in [-0.3, -0.25) is 0 Å². The first-order valence-electron chi connectivity index (χ1n) is 7.29. The van der Waals surface area contributed by atoms with Gasteiger partial charge in [0, 0.05) is 0 Å². The van der Waals surface area contributed by atoms with E-state index in [-0.39, 0.29) is 0 Å². The van der Waals surface area contributed by atoms with Crippen LogP contribution in [0.5, 0.6) is 0 Å². The van der Waals surface area contributed by atoms with Gasteiger partial charge in [0.15, 0.2) is 0 Å². The molecule has 0 aliphatic heterocycles. The maximum absolute atomic E-state index is 13.1. The molecular formula is C18H18F4. The second-order valence-electron chi connectivity index (χ2n) is 5.43. The van der Waals surface area contributed by atoms with Gasteiger partial charge in [-0.2, -0.15) is 13.2 Å². The lowest BCUT2D eigenvalue weighted by molar-refractivity contribution is -0.137. The molecule has 4 heteroatoms. The minimum absolute atomic E-state index is 0.400. The zero-order valence-corrected chi connectivity index (χ0v) is 12.6. The first-order chi connectivity index (χ1) is 10.3. The molecule has 0 aliphatic carbocycles. The van der Waals surface area contributed by atoms with Gasteiger partial charge in [0.05, 0.1) is 5.56 Å². The van der Waals surface area contributed by atoms with E-state index >= 15 is 0 Å². The monoisotopic (exact) mass is 310 g/mol. The summed E-state index contributed by atoms with van der Waals surface area (Å²) in [6, 6.07) is 7.96. The number of hydrogen-bond donors (Lipinski definition) is 0. The highest BCUT2D eigenvalue weighted by Crippen LogP contribution is 2.36. The van der Waals surface area contributed by atoms with Crippen molar-refractivity contribution in [2.75, 3.05) is 0 Å². The average Bonchev–Trinajstić information content (AvgIpc) is 2.45. The lowest BCUT2D eigenvalue weighted by Gasteiger charge is -2.17. The number of hydrogen-bond acceptors (Lipinski definition) is 0. The molecule has 0 amide bonds. The lowest BCUT2D eigenvalue weighted by Crippen LogP contribution is -2.07. The maximum Gasteiger partial charge on any atom is 0.416 e. The summed E-state index contributed by atoms with van der Waals surface area (Å²) in [4.78, 5) is 0. The Labute approximate surface area is 127 Å². The Kier molecular flexibility index (Phi) is 4.89. The third-order valence-electron chi connectivity index (χ3n) is 3.74. The second kappa shape index (κ2) is 6.51. The Morgan fingerprint density at radius 3 is 2.18 bits per heavy atom. The molecule has 0 saturated carbocycles. The van der Waals surface area contributed by atoms with Gasteiger partial charge in [-0.15, -0.1) is 0 Å². The molecule has 0 N–H and O–H groups in total. The van der Waals surface area contributed by atoms with E-state index in [2.05, 4.69) is 0 Å². The highest BCUT2D eigenvalue weighted by atomic mass is 19.4. The molecule has 0 radical (unpaired) electrons. The molecule has 0 heterocycles. The van der Waals surface area contributed by atoms with Crippen LogP contribution in [0.2, 0.25) is 0 Å². The van der Waals surface area contributed by atoms with Crippen LogP contribution in [0.3, 0.4) is 0 Å². The maximum atomic E-state index is 13.1. The van der Waals surface area contributed by atoms with Gasteiger partial charge in [0.25, 0.3) is 0 Å². The van der Waals surface area contributed by atoms with Crippen molar-refractivity contribution in [3.63, 3.8) is 0 Å². The zero-order valence-electron chi connectivity index (χ0n) is 12.6. The van der Waals surface area contributed by atoms with Gasteiger partial charge in [-0.25, -0.2) is 4.39 Å². The Bertz CT molecular complexity index is 639. The summed E-state index contributed by atoms with van der Waals surface area (Å²) in [6.07, 6.45) is -1.81. The first kappa shape index (κ1) is 16.5. The molecule has 0 nitrogen and oxygen atoms in total. The summed E-state index contributed by atoms with van der Waals surface area (Å²) in [5.41, 5.74) is 2.02. The Morgan fingerprint density at radius 1 is 1.00 bits per heavy atom. The van der Waals surface area contributed by atoms with Crippen LogP contribution < -0.4 is 0 Å². The molecule has 22 heavy (non-hydrogen) atoms. The molecule has 2 aromatic carbocycles. The van der Waals surface area contributed by atoms with Crippen LogP contribution >= 0.6 is 0 Å². The minimum Gasteiger partial charge on any atom is -0.207 e. The predicted molar refractivity (Wildman–Crippen MR) is 80.2 cm³/mol. The van der Waals surface area contributed by atoms with Crippen molar-refractivity contribution in [3.05, 3.63) is 58.9 Å². The van der Waals surface area contributed by atoms with Gasteiger partial charge in [0.1, 0.15) is 5.82 Å². The van der Waals surface area contributed by atoms with Crippen molar-refractivity contribution in [2.45, 2.75) is 39.3 Å². The fraction of sp³-hybridized carbons (Fsp3) is 0.333. The molecule has 0 saturated heterocycles. The summed E-state index contributed by atoms with van der Waals surface area (Å²) in [5, 5.41) is 0. The molecule has 2 rings (SSSR count). The van der Waals surface area contributed by atoms with Crippen LogP contribution in [0.4, 0.5) is 17.6 Å². The number of halogens is 4. The standard InChI is InChI=1S/C18H18F4/c1-3-4-5-16-12(2)10-14(18(20,21)22)11-17(16)13-6-8-15(19)9-7-13/h6-11H,3-5H2,1-2H3. The first-order valence-corrected chi connectivity index (χ1v) is 7.29. The molecule has 0 aliphatic rings. The largest absolute Gasteiger partial charge is 0.416 e. The minimum atomic E-state index is -4.39. The second-order valence-corrected chi connectivity index (χ2v) is 5.43. The van der Waals surface area contributed by atoms with Crippen LogP contribution in [0.15, 0.2) is 36.4 Å². The van der Waals surface area contributed by atoms with Crippen molar-refractivity contribution < 1.29 is 17.6 Å². The summed E-state index contributed by atoms with van der Waals surface area (Å²) in [6.45, 7) is 3.74. The SMILES string of the molecule is CCCCc1c(C)cc(C(F)(F)F)cc1-c1ccc(F)cc1. The summed E-state index contributed by atoms with van der Waals surface area (Å²) < 4.78 is 52.2. The van der Waals surface area contributed by atoms with E-state index in [1.807, 2.05) is 6.92 Å². The van der Waals surface area contributed by atoms with E-state index in [0.29, 0.717) is 23.1 Å². The Balaban J connectivity index is 2.60. The lowest BCUT2D eigenvalue weighted by atomic mass is 9.90. The molecule has 118 valence electrons. The van der Waals surface area contributed by atoms with Crippen LogP contribution in [0.1, 0.15) is 36.5 Å². The van der Waals surface area contributed by atoms with Crippen LogP contribution in [0.25, 0.3) is 11.1 Å². The van der Waals surface area contributed by atoms with E-state index in [4.69, 9.17) is 0 Å². The molecule has 2 aromatic rings. The normalized spacial score (nSPS) is 11.7. The van der Waals surface area contributed by atoms with Gasteiger partial charge < -0.3 is 0 Å². The molecule has 0 bridgehead atoms. The highest BCUT2D eigenvalue weighted by molar-refractivity contribution is 5.70. The number of alkyl halides is 3. The van der Waals surface area contributed by atoms with Gasteiger partial charge in [0.2, 0.25) is 0 Å². The smallest absolute Gasteiger partial charge is 0.207 e. The van der Waals surface area contributed by atoms with Crippen molar-refractivity contribution in [3.8, 4) is 11.1 Å². The molecule has 0 unspecified atom stereocenters. The van der Waals surface area contributed by atoms with E-state index in [1.54, 1.807) is 6.92 Å². The van der Waals surface area contributed by atoms with E-state index in [1.165, 1.54) is 36.4 Å². The van der Waals surface area contributed by atoms with Gasteiger partial charge in [-0.05, 0) is 66.3 Å². The van der Waals surface area contributed by atoms with E-state index in [0.717, 1.165) is 18.4 Å². The fourth-order valence-corrected chi connectivity index (χ4v) is 2.55. The molecule has 0 fully saturated rings. The Morgan fingerprint density at radius 2 is 1.64 bits per heavy atom. The van der Waals surface area contributed by atoms with Crippen molar-refractivity contribution in [1.29, 1.82) is 0 Å². The Hall–Kier alpha value is -1.84. The zero-order chi connectivity index (χ0) is 16.3. The summed E-state index contributed by atoms with van der Waals surface area (Å²) in [7, 11) is 0. The topological polar surface area (TPSA) is 0 Å². The van der Waals surface area contributed by atoms with Crippen LogP contribution in [-0.2, 0) is 12.6 Å². The van der Waals surface area contributed by atoms with Crippen molar-refractivity contribution in [2.24, 2.45) is 0 Å². The van der Waals surface area contributed by atoms with Crippen molar-refractivity contribution in [1.82, 2.24) is 0 Å². The quantitative estimate of drug-likeness (QED) is 0.593. The van der Waals surface area contributed by atoms with Crippen molar-refractivity contribution >= 4 is 0 Å². The third kappa shape index (κ3) is 3.67. The average molecular weight is 310 g/mol. The molecular weight excluding hydrogens is 292 g/mol.